The molecule has 2 fully saturated rings. The minimum Gasteiger partial charge on any atom is -0.391 e. The zero-order chi connectivity index (χ0) is 24.8. The van der Waals surface area contributed by atoms with Crippen molar-refractivity contribution >= 4 is 39.7 Å². The monoisotopic (exact) mass is 511 g/mol. The second-order valence-corrected chi connectivity index (χ2v) is 9.98. The molecule has 3 aromatic heterocycles. The normalized spacial score (nSPS) is 20.0. The third kappa shape index (κ3) is 4.16. The van der Waals surface area contributed by atoms with Crippen LogP contribution in [-0.4, -0.2) is 56.3 Å². The number of aliphatic hydroxyl groups is 1. The largest absolute Gasteiger partial charge is 0.391 e. The standard InChI is InChI=1S/C24H23F2N7O2S/c25-14-3-4-17(26)16(10-14)18-2-1-8-32(18)21-6-5-20-27-12-22(33(20)30-21)29-23(35)19-11-28-24(36-19)31-9-7-15(34)13-31/h3-6,10-12,15,18,34H,1-2,7-9,13H2,(H,29,35). The first-order valence-electron chi connectivity index (χ1n) is 11.7. The number of nitrogens with zero attached hydrogens (tertiary/aromatic N) is 6. The van der Waals surface area contributed by atoms with Crippen LogP contribution < -0.4 is 15.1 Å². The van der Waals surface area contributed by atoms with Crippen molar-refractivity contribution < 1.29 is 18.7 Å². The lowest BCUT2D eigenvalue weighted by molar-refractivity contribution is 0.102. The molecule has 0 aliphatic carbocycles. The molecule has 2 N–H and O–H groups in total. The minimum atomic E-state index is -0.478. The fourth-order valence-electron chi connectivity index (χ4n) is 4.85. The van der Waals surface area contributed by atoms with Crippen LogP contribution in [0.1, 0.15) is 40.5 Å². The number of hydrogen-bond acceptors (Lipinski definition) is 8. The zero-order valence-electron chi connectivity index (χ0n) is 19.1. The summed E-state index contributed by atoms with van der Waals surface area (Å²) in [7, 11) is 0. The summed E-state index contributed by atoms with van der Waals surface area (Å²) in [5.74, 6) is -0.301. The maximum Gasteiger partial charge on any atom is 0.268 e. The molecule has 2 aliphatic rings. The lowest BCUT2D eigenvalue weighted by Gasteiger charge is -2.26. The maximum atomic E-state index is 14.5. The molecular weight excluding hydrogens is 488 g/mol. The number of nitrogens with one attached hydrogen (secondary N) is 1. The predicted octanol–water partition coefficient (Wildman–Crippen LogP) is 3.63. The molecule has 6 rings (SSSR count). The van der Waals surface area contributed by atoms with Crippen LogP contribution in [-0.2, 0) is 0 Å². The number of thiazole rings is 1. The van der Waals surface area contributed by atoms with Gasteiger partial charge in [-0.25, -0.2) is 18.7 Å². The molecule has 9 nitrogen and oxygen atoms in total. The first kappa shape index (κ1) is 22.8. The Morgan fingerprint density at radius 2 is 2.00 bits per heavy atom. The van der Waals surface area contributed by atoms with Crippen LogP contribution in [0.25, 0.3) is 5.65 Å². The topological polar surface area (TPSA) is 98.9 Å². The molecule has 0 radical (unpaired) electrons. The van der Waals surface area contributed by atoms with Gasteiger partial charge in [0.1, 0.15) is 22.3 Å². The highest BCUT2D eigenvalue weighted by atomic mass is 32.1. The molecule has 36 heavy (non-hydrogen) atoms. The van der Waals surface area contributed by atoms with E-state index in [4.69, 9.17) is 0 Å². The Morgan fingerprint density at radius 1 is 1.11 bits per heavy atom. The Morgan fingerprint density at radius 3 is 2.83 bits per heavy atom. The van der Waals surface area contributed by atoms with Gasteiger partial charge in [0, 0.05) is 25.2 Å². The summed E-state index contributed by atoms with van der Waals surface area (Å²) in [5.41, 5.74) is 0.845. The van der Waals surface area contributed by atoms with Crippen molar-refractivity contribution in [3.63, 3.8) is 0 Å². The number of hydrogen-bond donors (Lipinski definition) is 2. The number of benzene rings is 1. The number of fused-ring (bicyclic) bond motifs is 1. The minimum absolute atomic E-state index is 0.306. The Labute approximate surface area is 209 Å². The van der Waals surface area contributed by atoms with E-state index in [9.17, 15) is 18.7 Å². The number of carbonyl (C=O) groups excluding carboxylic acids is 1. The van der Waals surface area contributed by atoms with Crippen molar-refractivity contribution in [2.24, 2.45) is 0 Å². The summed E-state index contributed by atoms with van der Waals surface area (Å²) < 4.78 is 29.9. The molecular formula is C24H23F2N7O2S. The van der Waals surface area contributed by atoms with Gasteiger partial charge < -0.3 is 20.2 Å². The van der Waals surface area contributed by atoms with Crippen LogP contribution in [0.2, 0.25) is 0 Å². The molecule has 5 heterocycles. The molecule has 4 aromatic rings. The molecule has 0 saturated carbocycles. The molecule has 1 aromatic carbocycles. The summed E-state index contributed by atoms with van der Waals surface area (Å²) in [6, 6.07) is 6.74. The van der Waals surface area contributed by atoms with E-state index in [0.717, 1.165) is 18.6 Å². The molecule has 0 spiro atoms. The van der Waals surface area contributed by atoms with Gasteiger partial charge in [0.2, 0.25) is 0 Å². The average Bonchev–Trinajstić information content (AvgIpc) is 3.67. The van der Waals surface area contributed by atoms with Crippen molar-refractivity contribution in [2.45, 2.75) is 31.4 Å². The van der Waals surface area contributed by atoms with Crippen molar-refractivity contribution in [2.75, 3.05) is 34.8 Å². The molecule has 12 heteroatoms. The Balaban J connectivity index is 1.25. The van der Waals surface area contributed by atoms with E-state index in [0.29, 0.717) is 65.3 Å². The molecule has 2 unspecified atom stereocenters. The first-order chi connectivity index (χ1) is 17.5. The van der Waals surface area contributed by atoms with Crippen molar-refractivity contribution in [1.82, 2.24) is 19.6 Å². The van der Waals surface area contributed by atoms with E-state index < -0.39 is 11.6 Å². The van der Waals surface area contributed by atoms with Crippen molar-refractivity contribution in [3.8, 4) is 0 Å². The summed E-state index contributed by atoms with van der Waals surface area (Å²) in [6.45, 7) is 1.85. The summed E-state index contributed by atoms with van der Waals surface area (Å²) in [4.78, 5) is 25.9. The third-order valence-corrected chi connectivity index (χ3v) is 7.66. The summed E-state index contributed by atoms with van der Waals surface area (Å²) in [5, 5.41) is 18.0. The first-order valence-corrected chi connectivity index (χ1v) is 12.5. The Hall–Kier alpha value is -3.64. The van der Waals surface area contributed by atoms with E-state index in [1.807, 2.05) is 9.80 Å². The number of β-amino-alcohol motifs (C(OH)–C–C–N with tert-alkyl or cyclic N) is 1. The van der Waals surface area contributed by atoms with E-state index >= 15 is 0 Å². The number of rotatable bonds is 5. The second-order valence-electron chi connectivity index (χ2n) is 8.97. The smallest absolute Gasteiger partial charge is 0.268 e. The highest BCUT2D eigenvalue weighted by molar-refractivity contribution is 7.17. The molecule has 0 bridgehead atoms. The number of aliphatic hydroxyl groups excluding tert-OH is 1. The Bertz CT molecular complexity index is 1440. The highest BCUT2D eigenvalue weighted by Crippen LogP contribution is 2.37. The fourth-order valence-corrected chi connectivity index (χ4v) is 5.69. The van der Waals surface area contributed by atoms with Gasteiger partial charge in [-0.1, -0.05) is 11.3 Å². The SMILES string of the molecule is O=C(Nc1cnc2ccc(N3CCCC3c3cc(F)ccc3F)nn12)c1cnc(N2CCC(O)C2)s1. The quantitative estimate of drug-likeness (QED) is 0.422. The third-order valence-electron chi connectivity index (χ3n) is 6.61. The maximum absolute atomic E-state index is 14.5. The molecule has 2 aliphatic heterocycles. The van der Waals surface area contributed by atoms with E-state index in [2.05, 4.69) is 20.4 Å². The molecule has 2 saturated heterocycles. The van der Waals surface area contributed by atoms with Gasteiger partial charge in [-0.15, -0.1) is 5.10 Å². The lowest BCUT2D eigenvalue weighted by atomic mass is 10.0. The van der Waals surface area contributed by atoms with Crippen LogP contribution in [0.15, 0.2) is 42.7 Å². The number of anilines is 3. The number of amides is 1. The Kier molecular flexibility index (Phi) is 5.76. The summed E-state index contributed by atoms with van der Waals surface area (Å²) >= 11 is 1.26. The highest BCUT2D eigenvalue weighted by Gasteiger charge is 2.30. The van der Waals surface area contributed by atoms with Crippen molar-refractivity contribution in [3.05, 3.63) is 64.8 Å². The number of carbonyl (C=O) groups is 1. The van der Waals surface area contributed by atoms with Gasteiger partial charge in [-0.2, -0.15) is 4.52 Å². The van der Waals surface area contributed by atoms with Gasteiger partial charge in [0.15, 0.2) is 16.6 Å². The van der Waals surface area contributed by atoms with Crippen LogP contribution in [0, 0.1) is 11.6 Å². The van der Waals surface area contributed by atoms with Gasteiger partial charge in [-0.3, -0.25) is 4.79 Å². The van der Waals surface area contributed by atoms with Gasteiger partial charge in [-0.05, 0) is 49.6 Å². The molecule has 186 valence electrons. The number of aromatic nitrogens is 4. The average molecular weight is 512 g/mol. The van der Waals surface area contributed by atoms with Gasteiger partial charge >= 0.3 is 0 Å². The summed E-state index contributed by atoms with van der Waals surface area (Å²) in [6.07, 6.45) is 4.84. The van der Waals surface area contributed by atoms with Crippen LogP contribution in [0.5, 0.6) is 0 Å². The van der Waals surface area contributed by atoms with E-state index in [1.54, 1.807) is 12.1 Å². The van der Waals surface area contributed by atoms with Crippen LogP contribution in [0.4, 0.5) is 25.5 Å². The van der Waals surface area contributed by atoms with Gasteiger partial charge in [0.05, 0.1) is 24.5 Å². The zero-order valence-corrected chi connectivity index (χ0v) is 20.0. The molecule has 2 atom stereocenters. The van der Waals surface area contributed by atoms with Crippen LogP contribution in [0.3, 0.4) is 0 Å². The van der Waals surface area contributed by atoms with Crippen LogP contribution >= 0.6 is 11.3 Å². The lowest BCUT2D eigenvalue weighted by Crippen LogP contribution is -2.25. The van der Waals surface area contributed by atoms with E-state index in [-0.39, 0.29) is 18.1 Å². The van der Waals surface area contributed by atoms with E-state index in [1.165, 1.54) is 34.3 Å². The molecule has 1 amide bonds. The van der Waals surface area contributed by atoms with Gasteiger partial charge in [0.25, 0.3) is 5.91 Å². The predicted molar refractivity (Wildman–Crippen MR) is 132 cm³/mol. The fraction of sp³-hybridized carbons (Fsp3) is 0.333. The number of halogens is 2. The number of imidazole rings is 1. The van der Waals surface area contributed by atoms with Crippen molar-refractivity contribution in [1.29, 1.82) is 0 Å². The second kappa shape index (κ2) is 9.10.